The molecule has 1 fully saturated rings. The summed E-state index contributed by atoms with van der Waals surface area (Å²) in [6.45, 7) is 3.02. The number of likely N-dealkylation sites (N-methyl/N-ethyl adjacent to an activating group) is 1. The van der Waals surface area contributed by atoms with Crippen molar-refractivity contribution in [3.8, 4) is 11.8 Å². The van der Waals surface area contributed by atoms with Crippen LogP contribution in [0, 0.1) is 18.3 Å². The number of nitrogens with zero attached hydrogens (tertiary/aromatic N) is 5. The molecule has 0 saturated carbocycles. The SMILES string of the molecule is Cc1ncc(N(C)C2CCN(C(=O)OCc3ccccc3OC(F)(F)F)C2)n1Cc1ccc(C#N)cc1. The Morgan fingerprint density at radius 3 is 2.65 bits per heavy atom. The van der Waals surface area contributed by atoms with Gasteiger partial charge in [0.15, 0.2) is 0 Å². The van der Waals surface area contributed by atoms with Gasteiger partial charge in [-0.3, -0.25) is 0 Å². The molecule has 1 aliphatic heterocycles. The fraction of sp³-hybridized carbons (Fsp3) is 0.346. The topological polar surface area (TPSA) is 83.6 Å². The van der Waals surface area contributed by atoms with Crippen molar-refractivity contribution in [2.24, 2.45) is 0 Å². The Balaban J connectivity index is 1.37. The second-order valence-electron chi connectivity index (χ2n) is 8.77. The molecule has 37 heavy (non-hydrogen) atoms. The first-order valence-electron chi connectivity index (χ1n) is 11.6. The lowest BCUT2D eigenvalue weighted by Gasteiger charge is -2.27. The number of carbonyl (C=O) groups is 1. The largest absolute Gasteiger partial charge is 0.573 e. The lowest BCUT2D eigenvalue weighted by Crippen LogP contribution is -2.37. The number of hydrogen-bond donors (Lipinski definition) is 0. The molecule has 1 aliphatic rings. The first-order chi connectivity index (χ1) is 17.6. The average Bonchev–Trinajstić information content (AvgIpc) is 3.50. The molecular weight excluding hydrogens is 487 g/mol. The molecule has 0 radical (unpaired) electrons. The summed E-state index contributed by atoms with van der Waals surface area (Å²) in [6, 6.07) is 15.1. The number of carbonyl (C=O) groups excluding carboxylic acids is 1. The average molecular weight is 514 g/mol. The minimum absolute atomic E-state index is 0.00390. The Hall–Kier alpha value is -4.20. The van der Waals surface area contributed by atoms with Gasteiger partial charge < -0.3 is 23.8 Å². The van der Waals surface area contributed by atoms with Crippen molar-refractivity contribution in [3.63, 3.8) is 0 Å². The van der Waals surface area contributed by atoms with Crippen LogP contribution in [0.3, 0.4) is 0 Å². The quantitative estimate of drug-likeness (QED) is 0.449. The van der Waals surface area contributed by atoms with Crippen molar-refractivity contribution in [1.29, 1.82) is 5.26 Å². The van der Waals surface area contributed by atoms with E-state index >= 15 is 0 Å². The van der Waals surface area contributed by atoms with Crippen molar-refractivity contribution in [3.05, 3.63) is 77.2 Å². The molecule has 3 aromatic rings. The van der Waals surface area contributed by atoms with Crippen LogP contribution in [0.4, 0.5) is 23.8 Å². The van der Waals surface area contributed by atoms with Crippen LogP contribution in [0.15, 0.2) is 54.7 Å². The number of imidazole rings is 1. The molecule has 8 nitrogen and oxygen atoms in total. The molecule has 4 rings (SSSR count). The third-order valence-corrected chi connectivity index (χ3v) is 6.34. The fourth-order valence-corrected chi connectivity index (χ4v) is 4.29. The molecule has 1 aromatic heterocycles. The number of anilines is 1. The summed E-state index contributed by atoms with van der Waals surface area (Å²) in [5.41, 5.74) is 1.75. The highest BCUT2D eigenvalue weighted by Gasteiger charge is 2.33. The van der Waals surface area contributed by atoms with Crippen LogP contribution in [0.2, 0.25) is 0 Å². The zero-order valence-corrected chi connectivity index (χ0v) is 20.4. The summed E-state index contributed by atoms with van der Waals surface area (Å²) in [5, 5.41) is 9.02. The van der Waals surface area contributed by atoms with Crippen LogP contribution in [0.25, 0.3) is 0 Å². The van der Waals surface area contributed by atoms with Gasteiger partial charge in [-0.25, -0.2) is 9.78 Å². The maximum absolute atomic E-state index is 12.7. The number of rotatable bonds is 7. The third-order valence-electron chi connectivity index (χ3n) is 6.34. The number of amides is 1. The van der Waals surface area contributed by atoms with Gasteiger partial charge in [0.2, 0.25) is 0 Å². The zero-order chi connectivity index (χ0) is 26.6. The van der Waals surface area contributed by atoms with E-state index < -0.39 is 18.2 Å². The van der Waals surface area contributed by atoms with E-state index in [9.17, 15) is 18.0 Å². The fourth-order valence-electron chi connectivity index (χ4n) is 4.29. The molecule has 1 saturated heterocycles. The first kappa shape index (κ1) is 25.9. The number of benzene rings is 2. The maximum atomic E-state index is 12.7. The van der Waals surface area contributed by atoms with E-state index in [1.54, 1.807) is 29.3 Å². The van der Waals surface area contributed by atoms with Gasteiger partial charge in [-0.1, -0.05) is 30.3 Å². The van der Waals surface area contributed by atoms with E-state index in [1.165, 1.54) is 18.2 Å². The Kier molecular flexibility index (Phi) is 7.57. The van der Waals surface area contributed by atoms with Crippen LogP contribution in [-0.4, -0.2) is 53.1 Å². The smallest absolute Gasteiger partial charge is 0.444 e. The standard InChI is InChI=1S/C26H26F3N5O3/c1-18-31-14-24(34(18)15-20-9-7-19(13-30)8-10-20)32(2)22-11-12-33(16-22)25(35)36-17-21-5-3-4-6-23(21)37-26(27,28)29/h3-10,14,22H,11-12,15-17H2,1-2H3. The number of halogens is 3. The number of ether oxygens (including phenoxy) is 2. The lowest BCUT2D eigenvalue weighted by atomic mass is 10.1. The zero-order valence-electron chi connectivity index (χ0n) is 20.4. The maximum Gasteiger partial charge on any atom is 0.573 e. The predicted octanol–water partition coefficient (Wildman–Crippen LogP) is 4.86. The number of hydrogen-bond acceptors (Lipinski definition) is 6. The first-order valence-corrected chi connectivity index (χ1v) is 11.6. The van der Waals surface area contributed by atoms with Crippen LogP contribution in [0.1, 0.15) is 28.9 Å². The predicted molar refractivity (Wildman–Crippen MR) is 129 cm³/mol. The highest BCUT2D eigenvalue weighted by atomic mass is 19.4. The normalized spacial score (nSPS) is 15.4. The molecule has 0 aliphatic carbocycles. The number of likely N-dealkylation sites (tertiary alicyclic amines) is 1. The summed E-state index contributed by atoms with van der Waals surface area (Å²) >= 11 is 0. The Labute approximate surface area is 212 Å². The van der Waals surface area contributed by atoms with E-state index in [-0.39, 0.29) is 18.2 Å². The Bertz CT molecular complexity index is 1280. The van der Waals surface area contributed by atoms with E-state index in [0.717, 1.165) is 17.2 Å². The van der Waals surface area contributed by atoms with Crippen LogP contribution in [-0.2, 0) is 17.9 Å². The number of aryl methyl sites for hydroxylation is 1. The summed E-state index contributed by atoms with van der Waals surface area (Å²) < 4.78 is 49.3. The van der Waals surface area contributed by atoms with Crippen LogP contribution < -0.4 is 9.64 Å². The molecular formula is C26H26F3N5O3. The summed E-state index contributed by atoms with van der Waals surface area (Å²) in [6.07, 6.45) is -2.95. The monoisotopic (exact) mass is 513 g/mol. The second kappa shape index (κ2) is 10.8. The van der Waals surface area contributed by atoms with Gasteiger partial charge in [0.05, 0.1) is 24.4 Å². The molecule has 1 unspecified atom stereocenters. The van der Waals surface area contributed by atoms with E-state index in [1.807, 2.05) is 26.1 Å². The minimum atomic E-state index is -4.84. The van der Waals surface area contributed by atoms with Gasteiger partial charge in [-0.2, -0.15) is 5.26 Å². The van der Waals surface area contributed by atoms with E-state index in [4.69, 9.17) is 10.00 Å². The molecule has 194 valence electrons. The molecule has 0 bridgehead atoms. The van der Waals surface area contributed by atoms with Crippen LogP contribution >= 0.6 is 0 Å². The molecule has 0 N–H and O–H groups in total. The van der Waals surface area contributed by atoms with Crippen molar-refractivity contribution < 1.29 is 27.4 Å². The van der Waals surface area contributed by atoms with E-state index in [2.05, 4.69) is 25.3 Å². The van der Waals surface area contributed by atoms with Gasteiger partial charge in [0.25, 0.3) is 0 Å². The van der Waals surface area contributed by atoms with Gasteiger partial charge in [0.1, 0.15) is 24.0 Å². The molecule has 11 heteroatoms. The number of aromatic nitrogens is 2. The van der Waals surface area contributed by atoms with Crippen LogP contribution in [0.5, 0.6) is 5.75 Å². The second-order valence-corrected chi connectivity index (χ2v) is 8.77. The third kappa shape index (κ3) is 6.33. The Morgan fingerprint density at radius 1 is 1.22 bits per heavy atom. The van der Waals surface area contributed by atoms with Gasteiger partial charge >= 0.3 is 12.5 Å². The van der Waals surface area contributed by atoms with E-state index in [0.29, 0.717) is 31.6 Å². The Morgan fingerprint density at radius 2 is 1.95 bits per heavy atom. The van der Waals surface area contributed by atoms with Gasteiger partial charge in [-0.15, -0.1) is 13.2 Å². The highest BCUT2D eigenvalue weighted by molar-refractivity contribution is 5.68. The molecule has 1 atom stereocenters. The van der Waals surface area contributed by atoms with Gasteiger partial charge in [-0.05, 0) is 37.1 Å². The summed E-state index contributed by atoms with van der Waals surface area (Å²) in [7, 11) is 1.94. The molecule has 2 aromatic carbocycles. The summed E-state index contributed by atoms with van der Waals surface area (Å²) in [4.78, 5) is 20.7. The summed E-state index contributed by atoms with van der Waals surface area (Å²) in [5.74, 6) is 1.33. The van der Waals surface area contributed by atoms with Crippen molar-refractivity contribution >= 4 is 11.9 Å². The lowest BCUT2D eigenvalue weighted by molar-refractivity contribution is -0.275. The highest BCUT2D eigenvalue weighted by Crippen LogP contribution is 2.28. The number of alkyl halides is 3. The minimum Gasteiger partial charge on any atom is -0.444 e. The molecule has 2 heterocycles. The van der Waals surface area contributed by atoms with Crippen molar-refractivity contribution in [2.45, 2.75) is 38.9 Å². The molecule has 1 amide bonds. The number of para-hydroxylation sites is 1. The van der Waals surface area contributed by atoms with Crippen molar-refractivity contribution in [1.82, 2.24) is 14.5 Å². The molecule has 0 spiro atoms. The van der Waals surface area contributed by atoms with Crippen molar-refractivity contribution in [2.75, 3.05) is 25.0 Å². The van der Waals surface area contributed by atoms with Gasteiger partial charge in [0, 0.05) is 31.7 Å². The number of nitriles is 1.